The predicted octanol–water partition coefficient (Wildman–Crippen LogP) is 5.36. The molecule has 0 spiro atoms. The highest BCUT2D eigenvalue weighted by molar-refractivity contribution is 6.48. The van der Waals surface area contributed by atoms with Gasteiger partial charge in [-0.2, -0.15) is 0 Å². The molecule has 0 aromatic heterocycles. The summed E-state index contributed by atoms with van der Waals surface area (Å²) in [6, 6.07) is 3.81. The molecule has 5 heteroatoms. The van der Waals surface area contributed by atoms with Crippen molar-refractivity contribution in [1.29, 1.82) is 0 Å². The SMILES string of the molecule is CC(C)COCCCNC(C)c1ccc(Cl)c(Cl)c1Cl. The van der Waals surface area contributed by atoms with Gasteiger partial charge in [-0.15, -0.1) is 0 Å². The molecule has 0 aliphatic rings. The summed E-state index contributed by atoms with van der Waals surface area (Å²) in [6.07, 6.45) is 0.968. The molecule has 0 fully saturated rings. The van der Waals surface area contributed by atoms with Gasteiger partial charge < -0.3 is 10.1 Å². The van der Waals surface area contributed by atoms with Crippen molar-refractivity contribution < 1.29 is 4.74 Å². The fourth-order valence-electron chi connectivity index (χ4n) is 1.80. The molecule has 20 heavy (non-hydrogen) atoms. The van der Waals surface area contributed by atoms with Gasteiger partial charge in [-0.3, -0.25) is 0 Å². The van der Waals surface area contributed by atoms with Crippen LogP contribution in [0, 0.1) is 5.92 Å². The highest BCUT2D eigenvalue weighted by Gasteiger charge is 2.13. The van der Waals surface area contributed by atoms with Crippen molar-refractivity contribution in [2.75, 3.05) is 19.8 Å². The molecule has 0 amide bonds. The van der Waals surface area contributed by atoms with Crippen LogP contribution in [-0.4, -0.2) is 19.8 Å². The van der Waals surface area contributed by atoms with E-state index in [1.807, 2.05) is 6.07 Å². The molecule has 1 N–H and O–H groups in total. The number of nitrogens with one attached hydrogen (secondary N) is 1. The van der Waals surface area contributed by atoms with Gasteiger partial charge in [-0.05, 0) is 37.4 Å². The Bertz CT molecular complexity index is 424. The summed E-state index contributed by atoms with van der Waals surface area (Å²) in [7, 11) is 0. The van der Waals surface area contributed by atoms with Crippen LogP contribution in [0.1, 0.15) is 38.8 Å². The summed E-state index contributed by atoms with van der Waals surface area (Å²) in [6.45, 7) is 8.80. The van der Waals surface area contributed by atoms with E-state index in [0.717, 1.165) is 31.7 Å². The molecule has 1 aromatic rings. The lowest BCUT2D eigenvalue weighted by Crippen LogP contribution is -2.21. The van der Waals surface area contributed by atoms with Gasteiger partial charge in [0.25, 0.3) is 0 Å². The van der Waals surface area contributed by atoms with E-state index in [4.69, 9.17) is 39.5 Å². The molecule has 1 rings (SSSR count). The summed E-state index contributed by atoms with van der Waals surface area (Å²) in [5.41, 5.74) is 0.962. The standard InChI is InChI=1S/C15H22Cl3NO/c1-10(2)9-20-8-4-7-19-11(3)12-5-6-13(16)15(18)14(12)17/h5-6,10-11,19H,4,7-9H2,1-3H3. The Morgan fingerprint density at radius 2 is 1.80 bits per heavy atom. The third-order valence-electron chi connectivity index (χ3n) is 2.90. The minimum Gasteiger partial charge on any atom is -0.381 e. The normalized spacial score (nSPS) is 12.9. The molecule has 114 valence electrons. The number of hydrogen-bond acceptors (Lipinski definition) is 2. The first-order valence-corrected chi connectivity index (χ1v) is 8.01. The van der Waals surface area contributed by atoms with Crippen LogP contribution in [0.4, 0.5) is 0 Å². The lowest BCUT2D eigenvalue weighted by molar-refractivity contribution is 0.107. The number of benzene rings is 1. The Hall–Kier alpha value is 0.01000. The molecule has 0 radical (unpaired) electrons. The number of rotatable bonds is 8. The third-order valence-corrected chi connectivity index (χ3v) is 4.21. The summed E-state index contributed by atoms with van der Waals surface area (Å²) >= 11 is 18.2. The van der Waals surface area contributed by atoms with Crippen LogP contribution in [0.5, 0.6) is 0 Å². The third kappa shape index (κ3) is 5.79. The van der Waals surface area contributed by atoms with Crippen molar-refractivity contribution >= 4 is 34.8 Å². The Kier molecular flexibility index (Phi) is 8.23. The van der Waals surface area contributed by atoms with Gasteiger partial charge in [-0.25, -0.2) is 0 Å². The van der Waals surface area contributed by atoms with E-state index >= 15 is 0 Å². The second-order valence-electron chi connectivity index (χ2n) is 5.26. The molecule has 0 aliphatic carbocycles. The molecular formula is C15H22Cl3NO. The second kappa shape index (κ2) is 9.11. The summed E-state index contributed by atoms with van der Waals surface area (Å²) < 4.78 is 5.54. The summed E-state index contributed by atoms with van der Waals surface area (Å²) in [5.74, 6) is 0.580. The molecule has 0 saturated carbocycles. The van der Waals surface area contributed by atoms with Gasteiger partial charge in [0.15, 0.2) is 0 Å². The van der Waals surface area contributed by atoms with Gasteiger partial charge >= 0.3 is 0 Å². The van der Waals surface area contributed by atoms with Gasteiger partial charge in [0.1, 0.15) is 0 Å². The number of ether oxygens (including phenoxy) is 1. The van der Waals surface area contributed by atoms with Crippen LogP contribution in [0.15, 0.2) is 12.1 Å². The average molecular weight is 339 g/mol. The Balaban J connectivity index is 2.36. The van der Waals surface area contributed by atoms with Gasteiger partial charge in [0, 0.05) is 19.3 Å². The van der Waals surface area contributed by atoms with Crippen molar-refractivity contribution in [2.45, 2.75) is 33.2 Å². The Morgan fingerprint density at radius 3 is 2.45 bits per heavy atom. The van der Waals surface area contributed by atoms with E-state index in [0.29, 0.717) is 21.0 Å². The van der Waals surface area contributed by atoms with Crippen LogP contribution in [0.3, 0.4) is 0 Å². The topological polar surface area (TPSA) is 21.3 Å². The lowest BCUT2D eigenvalue weighted by atomic mass is 10.1. The summed E-state index contributed by atoms with van der Waals surface area (Å²) in [4.78, 5) is 0. The molecule has 1 aromatic carbocycles. The van der Waals surface area contributed by atoms with E-state index in [2.05, 4.69) is 26.1 Å². The van der Waals surface area contributed by atoms with Crippen LogP contribution in [-0.2, 0) is 4.74 Å². The predicted molar refractivity (Wildman–Crippen MR) is 88.2 cm³/mol. The number of hydrogen-bond donors (Lipinski definition) is 1. The van der Waals surface area contributed by atoms with E-state index in [1.54, 1.807) is 6.07 Å². The molecule has 2 nitrogen and oxygen atoms in total. The first-order chi connectivity index (χ1) is 9.43. The highest BCUT2D eigenvalue weighted by Crippen LogP contribution is 2.35. The molecule has 0 aliphatic heterocycles. The second-order valence-corrected chi connectivity index (χ2v) is 6.43. The molecule has 1 atom stereocenters. The van der Waals surface area contributed by atoms with Crippen molar-refractivity contribution in [3.63, 3.8) is 0 Å². The smallest absolute Gasteiger partial charge is 0.0781 e. The first kappa shape index (κ1) is 18.1. The van der Waals surface area contributed by atoms with Crippen LogP contribution in [0.2, 0.25) is 15.1 Å². The van der Waals surface area contributed by atoms with E-state index < -0.39 is 0 Å². The Labute approximate surface area is 136 Å². The zero-order valence-electron chi connectivity index (χ0n) is 12.2. The van der Waals surface area contributed by atoms with E-state index in [9.17, 15) is 0 Å². The maximum Gasteiger partial charge on any atom is 0.0781 e. The minimum absolute atomic E-state index is 0.127. The van der Waals surface area contributed by atoms with E-state index in [-0.39, 0.29) is 6.04 Å². The molecule has 0 saturated heterocycles. The maximum atomic E-state index is 6.21. The fourth-order valence-corrected chi connectivity index (χ4v) is 2.50. The van der Waals surface area contributed by atoms with Gasteiger partial charge in [0.05, 0.1) is 15.1 Å². The quantitative estimate of drug-likeness (QED) is 0.509. The summed E-state index contributed by atoms with van der Waals surface area (Å²) in [5, 5.41) is 4.83. The van der Waals surface area contributed by atoms with Gasteiger partial charge in [-0.1, -0.05) is 54.7 Å². The Morgan fingerprint density at radius 1 is 1.10 bits per heavy atom. The van der Waals surface area contributed by atoms with Crippen molar-refractivity contribution in [3.8, 4) is 0 Å². The highest BCUT2D eigenvalue weighted by atomic mass is 35.5. The largest absolute Gasteiger partial charge is 0.381 e. The number of halogens is 3. The van der Waals surface area contributed by atoms with E-state index in [1.165, 1.54) is 0 Å². The van der Waals surface area contributed by atoms with Crippen molar-refractivity contribution in [1.82, 2.24) is 5.32 Å². The first-order valence-electron chi connectivity index (χ1n) is 6.88. The van der Waals surface area contributed by atoms with Crippen molar-refractivity contribution in [3.05, 3.63) is 32.8 Å². The molecule has 0 heterocycles. The van der Waals surface area contributed by atoms with Crippen LogP contribution < -0.4 is 5.32 Å². The molecular weight excluding hydrogens is 317 g/mol. The monoisotopic (exact) mass is 337 g/mol. The molecule has 1 unspecified atom stereocenters. The zero-order valence-corrected chi connectivity index (χ0v) is 14.4. The fraction of sp³-hybridized carbons (Fsp3) is 0.600. The van der Waals surface area contributed by atoms with Crippen LogP contribution >= 0.6 is 34.8 Å². The average Bonchev–Trinajstić information content (AvgIpc) is 2.39. The zero-order chi connectivity index (χ0) is 15.1. The minimum atomic E-state index is 0.127. The lowest BCUT2D eigenvalue weighted by Gasteiger charge is -2.17. The van der Waals surface area contributed by atoms with Gasteiger partial charge in [0.2, 0.25) is 0 Å². The van der Waals surface area contributed by atoms with Crippen LogP contribution in [0.25, 0.3) is 0 Å². The maximum absolute atomic E-state index is 6.21. The molecule has 0 bridgehead atoms. The van der Waals surface area contributed by atoms with Crippen molar-refractivity contribution in [2.24, 2.45) is 5.92 Å².